The summed E-state index contributed by atoms with van der Waals surface area (Å²) in [6.45, 7) is 3.29. The van der Waals surface area contributed by atoms with Gasteiger partial charge >= 0.3 is 0 Å². The van der Waals surface area contributed by atoms with Crippen LogP contribution in [0.15, 0.2) is 48.5 Å². The van der Waals surface area contributed by atoms with Crippen molar-refractivity contribution in [2.45, 2.75) is 76.6 Å². The number of aliphatic hydroxyl groups is 1. The van der Waals surface area contributed by atoms with Crippen molar-refractivity contribution in [1.82, 2.24) is 20.1 Å². The second-order valence-electron chi connectivity index (χ2n) is 13.1. The van der Waals surface area contributed by atoms with Gasteiger partial charge in [-0.05, 0) is 104 Å². The molecule has 3 fully saturated rings. The molecule has 4 heterocycles. The average Bonchev–Trinajstić information content (AvgIpc) is 3.60. The Morgan fingerprint density at radius 1 is 0.932 bits per heavy atom. The number of aromatic nitrogens is 1. The molecule has 1 aliphatic carbocycles. The third-order valence-corrected chi connectivity index (χ3v) is 9.97. The van der Waals surface area contributed by atoms with Crippen LogP contribution in [0.4, 0.5) is 0 Å². The Balaban J connectivity index is 0.927. The summed E-state index contributed by atoms with van der Waals surface area (Å²) in [5.74, 6) is 1.03. The molecule has 7 rings (SSSR count). The smallest absolute Gasteiger partial charge is 0.255 e. The molecule has 2 aromatic carbocycles. The maximum atomic E-state index is 13.0. The van der Waals surface area contributed by atoms with Crippen molar-refractivity contribution in [3.63, 3.8) is 0 Å². The number of benzene rings is 2. The van der Waals surface area contributed by atoms with Crippen LogP contribution in [0.5, 0.6) is 5.75 Å². The summed E-state index contributed by atoms with van der Waals surface area (Å²) in [7, 11) is 0. The van der Waals surface area contributed by atoms with E-state index in [1.54, 1.807) is 11.0 Å². The summed E-state index contributed by atoms with van der Waals surface area (Å²) in [6, 6.07) is 15.9. The number of likely N-dealkylation sites (tertiary alicyclic amines) is 1. The van der Waals surface area contributed by atoms with Crippen LogP contribution >= 0.6 is 0 Å². The minimum Gasteiger partial charge on any atom is -0.489 e. The summed E-state index contributed by atoms with van der Waals surface area (Å²) >= 11 is 0. The van der Waals surface area contributed by atoms with Crippen LogP contribution in [0.25, 0.3) is 10.9 Å². The molecule has 2 atom stereocenters. The van der Waals surface area contributed by atoms with Crippen molar-refractivity contribution < 1.29 is 24.2 Å². The molecule has 1 saturated carbocycles. The van der Waals surface area contributed by atoms with Crippen molar-refractivity contribution in [2.75, 3.05) is 19.7 Å². The summed E-state index contributed by atoms with van der Waals surface area (Å²) in [6.07, 6.45) is 7.22. The zero-order valence-corrected chi connectivity index (χ0v) is 25.0. The Bertz CT molecular complexity index is 1580. The number of pyridine rings is 1. The topological polar surface area (TPSA) is 112 Å². The molecular weight excluding hydrogens is 556 g/mol. The third-order valence-electron chi connectivity index (χ3n) is 9.97. The first-order valence-corrected chi connectivity index (χ1v) is 16.1. The van der Waals surface area contributed by atoms with Crippen LogP contribution in [0.3, 0.4) is 0 Å². The molecule has 44 heavy (non-hydrogen) atoms. The number of hydrogen-bond donors (Lipinski definition) is 2. The summed E-state index contributed by atoms with van der Waals surface area (Å²) in [5, 5.41) is 12.9. The molecule has 3 amide bonds. The van der Waals surface area contributed by atoms with Gasteiger partial charge < -0.3 is 14.7 Å². The standard InChI is InChI=1S/C35H40N4O5/c40-21-23-3-1-22(2-4-23)16-27-7-6-25-15-24(5-10-31(25)36-27)18-38-14-13-29(20-38)44-28-8-9-30-26(17-28)19-39(35(30)43)32-11-12-33(41)37-34(32)42/h5-10,15,17,22-23,29,32,40H,1-4,11-14,16,18-21H2,(H,37,41,42)/t22?,23?,29-,32?/m0/s1. The number of carbonyl (C=O) groups is 3. The monoisotopic (exact) mass is 596 g/mol. The fourth-order valence-electron chi connectivity index (χ4n) is 7.45. The van der Waals surface area contributed by atoms with Crippen LogP contribution in [0.1, 0.15) is 72.1 Å². The predicted molar refractivity (Wildman–Crippen MR) is 165 cm³/mol. The average molecular weight is 597 g/mol. The lowest BCUT2D eigenvalue weighted by molar-refractivity contribution is -0.136. The van der Waals surface area contributed by atoms with E-state index in [1.165, 1.54) is 23.8 Å². The van der Waals surface area contributed by atoms with E-state index in [0.29, 0.717) is 37.0 Å². The van der Waals surface area contributed by atoms with Gasteiger partial charge in [0.1, 0.15) is 17.9 Å². The van der Waals surface area contributed by atoms with E-state index in [-0.39, 0.29) is 24.3 Å². The molecule has 0 radical (unpaired) electrons. The Kier molecular flexibility index (Phi) is 8.08. The van der Waals surface area contributed by atoms with E-state index in [9.17, 15) is 19.5 Å². The SMILES string of the molecule is O=C1CCC(N2Cc3cc(O[C@H]4CCN(Cc5ccc6nc(CC7CCC(CO)CC7)ccc6c5)C4)ccc3C2=O)C(=O)N1. The number of imide groups is 1. The molecule has 9 nitrogen and oxygen atoms in total. The second-order valence-corrected chi connectivity index (χ2v) is 13.1. The third kappa shape index (κ3) is 6.08. The number of nitrogens with zero attached hydrogens (tertiary/aromatic N) is 3. The fourth-order valence-corrected chi connectivity index (χ4v) is 7.45. The van der Waals surface area contributed by atoms with Gasteiger partial charge in [0.25, 0.3) is 5.91 Å². The lowest BCUT2D eigenvalue weighted by atomic mass is 9.80. The maximum Gasteiger partial charge on any atom is 0.255 e. The van der Waals surface area contributed by atoms with Crippen molar-refractivity contribution in [3.05, 3.63) is 70.9 Å². The number of hydrogen-bond acceptors (Lipinski definition) is 7. The molecule has 230 valence electrons. The lowest BCUT2D eigenvalue weighted by Gasteiger charge is -2.29. The van der Waals surface area contributed by atoms with Gasteiger partial charge in [0.05, 0.1) is 5.52 Å². The molecule has 3 aromatic rings. The molecule has 9 heteroatoms. The first-order valence-electron chi connectivity index (χ1n) is 16.1. The quantitative estimate of drug-likeness (QED) is 0.378. The largest absolute Gasteiger partial charge is 0.489 e. The van der Waals surface area contributed by atoms with E-state index in [4.69, 9.17) is 9.72 Å². The first-order chi connectivity index (χ1) is 21.4. The highest BCUT2D eigenvalue weighted by Gasteiger charge is 2.39. The van der Waals surface area contributed by atoms with Crippen molar-refractivity contribution in [1.29, 1.82) is 0 Å². The molecule has 1 unspecified atom stereocenters. The maximum absolute atomic E-state index is 13.0. The van der Waals surface area contributed by atoms with Crippen LogP contribution in [-0.2, 0) is 29.1 Å². The number of carbonyl (C=O) groups excluding carboxylic acids is 3. The van der Waals surface area contributed by atoms with Gasteiger partial charge in [-0.1, -0.05) is 12.1 Å². The minimum atomic E-state index is -0.615. The van der Waals surface area contributed by atoms with Crippen LogP contribution < -0.4 is 10.1 Å². The highest BCUT2D eigenvalue weighted by atomic mass is 16.5. The number of nitrogens with one attached hydrogen (secondary N) is 1. The van der Waals surface area contributed by atoms with Gasteiger partial charge in [0.15, 0.2) is 0 Å². The van der Waals surface area contributed by atoms with Gasteiger partial charge in [0.2, 0.25) is 11.8 Å². The molecular formula is C35H40N4O5. The number of aliphatic hydroxyl groups excluding tert-OH is 1. The number of ether oxygens (including phenoxy) is 1. The predicted octanol–water partition coefficient (Wildman–Crippen LogP) is 3.99. The van der Waals surface area contributed by atoms with Gasteiger partial charge in [0, 0.05) is 55.9 Å². The van der Waals surface area contributed by atoms with Gasteiger partial charge in [-0.15, -0.1) is 0 Å². The lowest BCUT2D eigenvalue weighted by Crippen LogP contribution is -2.52. The van der Waals surface area contributed by atoms with E-state index >= 15 is 0 Å². The Labute approximate surface area is 257 Å². The van der Waals surface area contributed by atoms with E-state index < -0.39 is 11.9 Å². The van der Waals surface area contributed by atoms with E-state index in [0.717, 1.165) is 67.8 Å². The first kappa shape index (κ1) is 28.9. The Morgan fingerprint density at radius 2 is 1.77 bits per heavy atom. The Hall–Kier alpha value is -3.82. The number of piperidine rings is 1. The molecule has 2 saturated heterocycles. The molecule has 0 bridgehead atoms. The number of fused-ring (bicyclic) bond motifs is 2. The van der Waals surface area contributed by atoms with Gasteiger partial charge in [-0.25, -0.2) is 0 Å². The van der Waals surface area contributed by atoms with Crippen molar-refractivity contribution >= 4 is 28.6 Å². The molecule has 4 aliphatic rings. The van der Waals surface area contributed by atoms with E-state index in [1.807, 2.05) is 12.1 Å². The van der Waals surface area contributed by atoms with Gasteiger partial charge in [-0.3, -0.25) is 29.6 Å². The van der Waals surface area contributed by atoms with Crippen LogP contribution in [-0.4, -0.2) is 69.5 Å². The molecule has 2 N–H and O–H groups in total. The van der Waals surface area contributed by atoms with Gasteiger partial charge in [-0.2, -0.15) is 0 Å². The van der Waals surface area contributed by atoms with Crippen LogP contribution in [0.2, 0.25) is 0 Å². The molecule has 1 aromatic heterocycles. The normalized spacial score (nSPS) is 25.8. The molecule has 3 aliphatic heterocycles. The molecule has 0 spiro atoms. The fraction of sp³-hybridized carbons (Fsp3) is 0.486. The summed E-state index contributed by atoms with van der Waals surface area (Å²) in [5.41, 5.74) is 4.92. The summed E-state index contributed by atoms with van der Waals surface area (Å²) in [4.78, 5) is 45.8. The highest BCUT2D eigenvalue weighted by Crippen LogP contribution is 2.32. The highest BCUT2D eigenvalue weighted by molar-refractivity contribution is 6.05. The zero-order valence-electron chi connectivity index (χ0n) is 25.0. The van der Waals surface area contributed by atoms with Crippen molar-refractivity contribution in [2.24, 2.45) is 11.8 Å². The minimum absolute atomic E-state index is 0.0634. The van der Waals surface area contributed by atoms with E-state index in [2.05, 4.69) is 40.5 Å². The van der Waals surface area contributed by atoms with Crippen LogP contribution in [0, 0.1) is 11.8 Å². The van der Waals surface area contributed by atoms with Crippen molar-refractivity contribution in [3.8, 4) is 5.75 Å². The Morgan fingerprint density at radius 3 is 2.59 bits per heavy atom. The zero-order chi connectivity index (χ0) is 30.2. The number of amides is 3. The number of rotatable bonds is 8. The second kappa shape index (κ2) is 12.3. The summed E-state index contributed by atoms with van der Waals surface area (Å²) < 4.78 is 6.36.